The van der Waals surface area contributed by atoms with Crippen molar-refractivity contribution in [2.75, 3.05) is 20.1 Å². The van der Waals surface area contributed by atoms with Crippen LogP contribution in [0.4, 0.5) is 4.39 Å². The molecule has 0 fully saturated rings. The van der Waals surface area contributed by atoms with Crippen LogP contribution >= 0.6 is 0 Å². The highest BCUT2D eigenvalue weighted by molar-refractivity contribution is 5.78. The van der Waals surface area contributed by atoms with Crippen molar-refractivity contribution >= 4 is 5.91 Å². The number of rotatable bonds is 10. The third-order valence-corrected chi connectivity index (χ3v) is 5.30. The van der Waals surface area contributed by atoms with Crippen LogP contribution in [0.3, 0.4) is 0 Å². The van der Waals surface area contributed by atoms with Crippen LogP contribution in [-0.4, -0.2) is 52.1 Å². The van der Waals surface area contributed by atoms with E-state index < -0.39 is 0 Å². The molecule has 3 aromatic rings. The number of hydrogen-bond acceptors (Lipinski definition) is 3. The minimum Gasteiger partial charge on any atom is -0.335 e. The Balaban J connectivity index is 1.46. The van der Waals surface area contributed by atoms with E-state index >= 15 is 0 Å². The summed E-state index contributed by atoms with van der Waals surface area (Å²) in [4.78, 5) is 16.9. The standard InChI is InChI=1S/C25H31FN4O/c1-19(2)30(17-20-8-5-4-6-9-20)25(31)18-29(3)15-7-10-23-16-24(28-27-23)21-11-13-22(26)14-12-21/h4-6,8-9,11-14,16,19H,7,10,15,17-18H2,1-3H3,(H,27,28). The number of halogens is 1. The van der Waals surface area contributed by atoms with Gasteiger partial charge in [0.15, 0.2) is 0 Å². The summed E-state index contributed by atoms with van der Waals surface area (Å²) >= 11 is 0. The van der Waals surface area contributed by atoms with Crippen LogP contribution in [0.1, 0.15) is 31.5 Å². The Morgan fingerprint density at radius 3 is 2.48 bits per heavy atom. The number of likely N-dealkylation sites (N-methyl/N-ethyl adjacent to an activating group) is 1. The maximum atomic E-state index is 13.1. The monoisotopic (exact) mass is 422 g/mol. The molecule has 0 saturated heterocycles. The molecule has 0 unspecified atom stereocenters. The third-order valence-electron chi connectivity index (χ3n) is 5.30. The number of H-pyrrole nitrogens is 1. The molecule has 31 heavy (non-hydrogen) atoms. The molecule has 0 atom stereocenters. The zero-order valence-corrected chi connectivity index (χ0v) is 18.5. The summed E-state index contributed by atoms with van der Waals surface area (Å²) in [5.41, 5.74) is 3.88. The smallest absolute Gasteiger partial charge is 0.237 e. The molecule has 164 valence electrons. The van der Waals surface area contributed by atoms with E-state index in [1.165, 1.54) is 12.1 Å². The third kappa shape index (κ3) is 6.76. The number of benzene rings is 2. The summed E-state index contributed by atoms with van der Waals surface area (Å²) in [5.74, 6) is -0.113. The zero-order chi connectivity index (χ0) is 22.2. The lowest BCUT2D eigenvalue weighted by Crippen LogP contribution is -2.42. The number of aryl methyl sites for hydroxylation is 1. The van der Waals surface area contributed by atoms with Gasteiger partial charge >= 0.3 is 0 Å². The van der Waals surface area contributed by atoms with Crippen molar-refractivity contribution in [2.45, 2.75) is 39.3 Å². The van der Waals surface area contributed by atoms with Crippen molar-refractivity contribution in [1.82, 2.24) is 20.0 Å². The molecule has 1 aromatic heterocycles. The van der Waals surface area contributed by atoms with Crippen LogP contribution < -0.4 is 0 Å². The van der Waals surface area contributed by atoms with Gasteiger partial charge in [-0.25, -0.2) is 4.39 Å². The van der Waals surface area contributed by atoms with Gasteiger partial charge in [0.25, 0.3) is 0 Å². The molecule has 3 rings (SSSR count). The van der Waals surface area contributed by atoms with Crippen LogP contribution in [0.5, 0.6) is 0 Å². The summed E-state index contributed by atoms with van der Waals surface area (Å²) in [5, 5.41) is 7.38. The van der Waals surface area contributed by atoms with Gasteiger partial charge in [0, 0.05) is 23.8 Å². The second kappa shape index (κ2) is 10.9. The van der Waals surface area contributed by atoms with E-state index in [1.54, 1.807) is 12.1 Å². The maximum absolute atomic E-state index is 13.1. The Morgan fingerprint density at radius 1 is 1.10 bits per heavy atom. The molecule has 0 radical (unpaired) electrons. The Hall–Kier alpha value is -2.99. The van der Waals surface area contributed by atoms with Crippen LogP contribution in [0.25, 0.3) is 11.3 Å². The molecule has 0 saturated carbocycles. The lowest BCUT2D eigenvalue weighted by atomic mass is 10.1. The zero-order valence-electron chi connectivity index (χ0n) is 18.5. The summed E-state index contributed by atoms with van der Waals surface area (Å²) < 4.78 is 13.1. The molecule has 1 N–H and O–H groups in total. The number of hydrogen-bond donors (Lipinski definition) is 1. The summed E-state index contributed by atoms with van der Waals surface area (Å²) in [6.07, 6.45) is 1.75. The molecular formula is C25H31FN4O. The highest BCUT2D eigenvalue weighted by Gasteiger charge is 2.18. The molecule has 0 aliphatic rings. The van der Waals surface area contributed by atoms with Crippen molar-refractivity contribution in [3.63, 3.8) is 0 Å². The van der Waals surface area contributed by atoms with Crippen LogP contribution in [0.15, 0.2) is 60.7 Å². The molecule has 6 heteroatoms. The molecule has 0 spiro atoms. The fourth-order valence-corrected chi connectivity index (χ4v) is 3.54. The minimum absolute atomic E-state index is 0.140. The first-order chi connectivity index (χ1) is 14.9. The highest BCUT2D eigenvalue weighted by atomic mass is 19.1. The number of nitrogens with zero attached hydrogens (tertiary/aromatic N) is 3. The first-order valence-corrected chi connectivity index (χ1v) is 10.7. The molecule has 5 nitrogen and oxygen atoms in total. The molecule has 0 aliphatic heterocycles. The van der Waals surface area contributed by atoms with Gasteiger partial charge in [-0.1, -0.05) is 30.3 Å². The van der Waals surface area contributed by atoms with Crippen molar-refractivity contribution < 1.29 is 9.18 Å². The fourth-order valence-electron chi connectivity index (χ4n) is 3.54. The second-order valence-corrected chi connectivity index (χ2v) is 8.23. The number of carbonyl (C=O) groups excluding carboxylic acids is 1. The van der Waals surface area contributed by atoms with Gasteiger partial charge in [0.2, 0.25) is 5.91 Å². The van der Waals surface area contributed by atoms with Gasteiger partial charge in [-0.2, -0.15) is 5.10 Å². The average molecular weight is 423 g/mol. The van der Waals surface area contributed by atoms with Gasteiger partial charge < -0.3 is 4.90 Å². The Morgan fingerprint density at radius 2 is 1.81 bits per heavy atom. The normalized spacial score (nSPS) is 11.3. The topological polar surface area (TPSA) is 52.2 Å². The number of amides is 1. The summed E-state index contributed by atoms with van der Waals surface area (Å²) in [7, 11) is 1.98. The second-order valence-electron chi connectivity index (χ2n) is 8.23. The van der Waals surface area contributed by atoms with Gasteiger partial charge in [-0.05, 0) is 76.2 Å². The van der Waals surface area contributed by atoms with Crippen molar-refractivity contribution in [1.29, 1.82) is 0 Å². The van der Waals surface area contributed by atoms with Gasteiger partial charge in [-0.3, -0.25) is 14.8 Å². The van der Waals surface area contributed by atoms with Gasteiger partial charge in [0.05, 0.1) is 12.2 Å². The van der Waals surface area contributed by atoms with Crippen LogP contribution in [0.2, 0.25) is 0 Å². The first kappa shape index (κ1) is 22.7. The van der Waals surface area contributed by atoms with E-state index in [0.29, 0.717) is 13.1 Å². The molecule has 2 aromatic carbocycles. The SMILES string of the molecule is CC(C)N(Cc1ccccc1)C(=O)CN(C)CCCc1cc(-c2ccc(F)cc2)n[nH]1. The number of aromatic nitrogens is 2. The van der Waals surface area contributed by atoms with E-state index in [2.05, 4.69) is 41.1 Å². The molecule has 0 bridgehead atoms. The maximum Gasteiger partial charge on any atom is 0.237 e. The average Bonchev–Trinajstić information content (AvgIpc) is 3.22. The predicted octanol–water partition coefficient (Wildman–Crippen LogP) is 4.52. The molecule has 1 heterocycles. The van der Waals surface area contributed by atoms with E-state index in [1.807, 2.05) is 36.2 Å². The lowest BCUT2D eigenvalue weighted by Gasteiger charge is -2.29. The Bertz CT molecular complexity index is 953. The van der Waals surface area contributed by atoms with E-state index in [-0.39, 0.29) is 17.8 Å². The molecule has 1 amide bonds. The predicted molar refractivity (Wildman–Crippen MR) is 122 cm³/mol. The number of carbonyl (C=O) groups is 1. The Labute approximate surface area is 183 Å². The number of nitrogens with one attached hydrogen (secondary N) is 1. The molecular weight excluding hydrogens is 391 g/mol. The van der Waals surface area contributed by atoms with Gasteiger partial charge in [-0.15, -0.1) is 0 Å². The first-order valence-electron chi connectivity index (χ1n) is 10.7. The summed E-state index contributed by atoms with van der Waals surface area (Å²) in [6, 6.07) is 18.6. The summed E-state index contributed by atoms with van der Waals surface area (Å²) in [6.45, 7) is 5.95. The quantitative estimate of drug-likeness (QED) is 0.523. The highest BCUT2D eigenvalue weighted by Crippen LogP contribution is 2.18. The van der Waals surface area contributed by atoms with E-state index in [4.69, 9.17) is 0 Å². The lowest BCUT2D eigenvalue weighted by molar-refractivity contribution is -0.134. The van der Waals surface area contributed by atoms with E-state index in [9.17, 15) is 9.18 Å². The van der Waals surface area contributed by atoms with Crippen LogP contribution in [-0.2, 0) is 17.8 Å². The van der Waals surface area contributed by atoms with E-state index in [0.717, 1.165) is 41.9 Å². The van der Waals surface area contributed by atoms with Crippen LogP contribution in [0, 0.1) is 5.82 Å². The molecule has 0 aliphatic carbocycles. The minimum atomic E-state index is -0.253. The largest absolute Gasteiger partial charge is 0.335 e. The van der Waals surface area contributed by atoms with Crippen molar-refractivity contribution in [2.24, 2.45) is 0 Å². The van der Waals surface area contributed by atoms with Gasteiger partial charge in [0.1, 0.15) is 5.82 Å². The fraction of sp³-hybridized carbons (Fsp3) is 0.360. The van der Waals surface area contributed by atoms with Crippen molar-refractivity contribution in [3.05, 3.63) is 77.7 Å². The number of aromatic amines is 1. The van der Waals surface area contributed by atoms with Crippen molar-refractivity contribution in [3.8, 4) is 11.3 Å². The Kier molecular flexibility index (Phi) is 7.95.